The molecule has 1 aromatic carbocycles. The second kappa shape index (κ2) is 4.25. The van der Waals surface area contributed by atoms with E-state index in [9.17, 15) is 26.7 Å². The molecule has 94 valence electrons. The van der Waals surface area contributed by atoms with Crippen LogP contribution in [0.4, 0.5) is 22.0 Å². The molecule has 2 nitrogen and oxygen atoms in total. The number of benzene rings is 1. The maximum atomic E-state index is 13.3. The van der Waals surface area contributed by atoms with E-state index >= 15 is 0 Å². The van der Waals surface area contributed by atoms with E-state index in [0.717, 1.165) is 12.3 Å². The van der Waals surface area contributed by atoms with Gasteiger partial charge in [-0.1, -0.05) is 0 Å². The molecule has 2 aromatic rings. The van der Waals surface area contributed by atoms with Crippen molar-refractivity contribution in [2.24, 2.45) is 0 Å². The van der Waals surface area contributed by atoms with E-state index in [2.05, 4.69) is 4.98 Å². The Bertz CT molecular complexity index is 592. The molecular formula is C11H4F5NO. The quantitative estimate of drug-likeness (QED) is 0.383. The molecule has 0 atom stereocenters. The average Bonchev–Trinajstić information content (AvgIpc) is 2.88. The molecule has 0 spiro atoms. The molecule has 2 rings (SSSR count). The Morgan fingerprint density at radius 2 is 1.39 bits per heavy atom. The molecule has 0 amide bonds. The minimum atomic E-state index is -2.30. The molecule has 1 heterocycles. The number of carbonyl (C=O) groups excluding carboxylic acids is 1. The van der Waals surface area contributed by atoms with Crippen molar-refractivity contribution in [2.45, 2.75) is 0 Å². The van der Waals surface area contributed by atoms with E-state index in [1.54, 1.807) is 0 Å². The largest absolute Gasteiger partial charge is 0.367 e. The number of rotatable bonds is 2. The highest BCUT2D eigenvalue weighted by Crippen LogP contribution is 2.24. The number of ketones is 1. The summed E-state index contributed by atoms with van der Waals surface area (Å²) in [6.45, 7) is 0. The third-order valence-electron chi connectivity index (χ3n) is 2.30. The Hall–Kier alpha value is -2.18. The smallest absolute Gasteiger partial charge is 0.200 e. The summed E-state index contributed by atoms with van der Waals surface area (Å²) in [5.74, 6) is -12.2. The fourth-order valence-corrected chi connectivity index (χ4v) is 1.41. The highest BCUT2D eigenvalue weighted by atomic mass is 19.2. The van der Waals surface area contributed by atoms with E-state index in [1.165, 1.54) is 6.20 Å². The number of aromatic amines is 1. The molecular weight excluding hydrogens is 257 g/mol. The Balaban J connectivity index is 2.69. The molecule has 1 aromatic heterocycles. The first kappa shape index (κ1) is 12.3. The highest BCUT2D eigenvalue weighted by molar-refractivity contribution is 6.09. The lowest BCUT2D eigenvalue weighted by Gasteiger charge is -2.06. The van der Waals surface area contributed by atoms with Gasteiger partial charge in [0.1, 0.15) is 5.56 Å². The van der Waals surface area contributed by atoms with Gasteiger partial charge in [-0.15, -0.1) is 0 Å². The Labute approximate surface area is 97.1 Å². The van der Waals surface area contributed by atoms with E-state index in [4.69, 9.17) is 0 Å². The van der Waals surface area contributed by atoms with Gasteiger partial charge in [-0.25, -0.2) is 22.0 Å². The fraction of sp³-hybridized carbons (Fsp3) is 0. The molecule has 7 heteroatoms. The van der Waals surface area contributed by atoms with Crippen LogP contribution in [0.2, 0.25) is 0 Å². The van der Waals surface area contributed by atoms with Gasteiger partial charge in [-0.3, -0.25) is 4.79 Å². The number of H-pyrrole nitrogens is 1. The van der Waals surface area contributed by atoms with Crippen LogP contribution >= 0.6 is 0 Å². The number of aromatic nitrogens is 1. The predicted octanol–water partition coefficient (Wildman–Crippen LogP) is 2.94. The minimum Gasteiger partial charge on any atom is -0.367 e. The zero-order valence-electron chi connectivity index (χ0n) is 8.53. The van der Waals surface area contributed by atoms with Gasteiger partial charge in [-0.05, 0) is 6.07 Å². The predicted molar refractivity (Wildman–Crippen MR) is 50.5 cm³/mol. The topological polar surface area (TPSA) is 32.9 Å². The van der Waals surface area contributed by atoms with Gasteiger partial charge < -0.3 is 4.98 Å². The van der Waals surface area contributed by atoms with Gasteiger partial charge in [-0.2, -0.15) is 0 Å². The first-order valence-electron chi connectivity index (χ1n) is 4.64. The van der Waals surface area contributed by atoms with Gasteiger partial charge in [0.2, 0.25) is 11.6 Å². The van der Waals surface area contributed by atoms with Gasteiger partial charge in [0.15, 0.2) is 23.3 Å². The van der Waals surface area contributed by atoms with Crippen LogP contribution in [0, 0.1) is 29.1 Å². The highest BCUT2D eigenvalue weighted by Gasteiger charge is 2.30. The third-order valence-corrected chi connectivity index (χ3v) is 2.30. The van der Waals surface area contributed by atoms with Crippen LogP contribution in [0.5, 0.6) is 0 Å². The van der Waals surface area contributed by atoms with Crippen molar-refractivity contribution in [3.8, 4) is 0 Å². The molecule has 0 radical (unpaired) electrons. The summed E-state index contributed by atoms with van der Waals surface area (Å²) < 4.78 is 65.1. The lowest BCUT2D eigenvalue weighted by molar-refractivity contribution is 0.102. The molecule has 0 aliphatic carbocycles. The van der Waals surface area contributed by atoms with Crippen molar-refractivity contribution in [2.75, 3.05) is 0 Å². The lowest BCUT2D eigenvalue weighted by Crippen LogP contribution is -2.13. The summed E-state index contributed by atoms with van der Waals surface area (Å²) in [5, 5.41) is 0. The van der Waals surface area contributed by atoms with Gasteiger partial charge in [0.25, 0.3) is 0 Å². The number of hydrogen-bond acceptors (Lipinski definition) is 1. The van der Waals surface area contributed by atoms with Crippen LogP contribution in [0.15, 0.2) is 18.5 Å². The van der Waals surface area contributed by atoms with Crippen LogP contribution in [-0.2, 0) is 0 Å². The average molecular weight is 261 g/mol. The summed E-state index contributed by atoms with van der Waals surface area (Å²) in [6, 6.07) is 1.15. The first-order valence-corrected chi connectivity index (χ1v) is 4.64. The number of nitrogens with one attached hydrogen (secondary N) is 1. The molecule has 18 heavy (non-hydrogen) atoms. The van der Waals surface area contributed by atoms with Crippen molar-refractivity contribution in [1.29, 1.82) is 0 Å². The molecule has 0 saturated carbocycles. The maximum Gasteiger partial charge on any atom is 0.200 e. The molecule has 0 unspecified atom stereocenters. The zero-order chi connectivity index (χ0) is 13.4. The van der Waals surface area contributed by atoms with Crippen LogP contribution in [0.1, 0.15) is 15.9 Å². The maximum absolute atomic E-state index is 13.3. The SMILES string of the molecule is O=C(c1cc[nH]c1)c1c(F)c(F)c(F)c(F)c1F. The number of hydrogen-bond donors (Lipinski definition) is 1. The van der Waals surface area contributed by atoms with Gasteiger partial charge in [0, 0.05) is 18.0 Å². The second-order valence-electron chi connectivity index (χ2n) is 3.37. The van der Waals surface area contributed by atoms with E-state index in [1.807, 2.05) is 0 Å². The van der Waals surface area contributed by atoms with Crippen molar-refractivity contribution in [3.63, 3.8) is 0 Å². The number of halogens is 5. The van der Waals surface area contributed by atoms with Crippen LogP contribution in [0.25, 0.3) is 0 Å². The van der Waals surface area contributed by atoms with Crippen molar-refractivity contribution in [1.82, 2.24) is 4.98 Å². The Morgan fingerprint density at radius 1 is 0.889 bits per heavy atom. The molecule has 1 N–H and O–H groups in total. The molecule has 0 bridgehead atoms. The van der Waals surface area contributed by atoms with Crippen LogP contribution in [0.3, 0.4) is 0 Å². The molecule has 0 fully saturated rings. The monoisotopic (exact) mass is 261 g/mol. The van der Waals surface area contributed by atoms with Crippen LogP contribution in [-0.4, -0.2) is 10.8 Å². The first-order chi connectivity index (χ1) is 8.45. The van der Waals surface area contributed by atoms with Gasteiger partial charge >= 0.3 is 0 Å². The Morgan fingerprint density at radius 3 is 1.83 bits per heavy atom. The second-order valence-corrected chi connectivity index (χ2v) is 3.37. The van der Waals surface area contributed by atoms with E-state index in [-0.39, 0.29) is 5.56 Å². The van der Waals surface area contributed by atoms with Crippen molar-refractivity contribution in [3.05, 3.63) is 58.7 Å². The normalized spacial score (nSPS) is 10.7. The third kappa shape index (κ3) is 1.68. The minimum absolute atomic E-state index is 0.210. The van der Waals surface area contributed by atoms with E-state index in [0.29, 0.717) is 0 Å². The van der Waals surface area contributed by atoms with E-state index < -0.39 is 40.4 Å². The zero-order valence-corrected chi connectivity index (χ0v) is 8.53. The standard InChI is InChI=1S/C11H4F5NO/c12-6-5(11(18)4-1-2-17-3-4)7(13)9(15)10(16)8(6)14/h1-3,17H. The summed E-state index contributed by atoms with van der Waals surface area (Å²) in [4.78, 5) is 14.0. The van der Waals surface area contributed by atoms with Gasteiger partial charge in [0.05, 0.1) is 0 Å². The summed E-state index contributed by atoms with van der Waals surface area (Å²) >= 11 is 0. The molecule has 0 aliphatic heterocycles. The summed E-state index contributed by atoms with van der Waals surface area (Å²) in [5.41, 5.74) is -1.68. The summed E-state index contributed by atoms with van der Waals surface area (Å²) in [6.07, 6.45) is 2.36. The molecule has 0 aliphatic rings. The Kier molecular flexibility index (Phi) is 2.90. The number of carbonyl (C=O) groups is 1. The molecule has 0 saturated heterocycles. The lowest BCUT2D eigenvalue weighted by atomic mass is 10.0. The summed E-state index contributed by atoms with van der Waals surface area (Å²) in [7, 11) is 0. The van der Waals surface area contributed by atoms with Crippen molar-refractivity contribution < 1.29 is 26.7 Å². The van der Waals surface area contributed by atoms with Crippen molar-refractivity contribution >= 4 is 5.78 Å². The fourth-order valence-electron chi connectivity index (χ4n) is 1.41. The van der Waals surface area contributed by atoms with Crippen LogP contribution < -0.4 is 0 Å².